The van der Waals surface area contributed by atoms with Crippen molar-refractivity contribution in [2.24, 2.45) is 11.1 Å². The van der Waals surface area contributed by atoms with Crippen LogP contribution in [-0.4, -0.2) is 35.5 Å². The molecule has 5 nitrogen and oxygen atoms in total. The first kappa shape index (κ1) is 24.3. The van der Waals surface area contributed by atoms with Crippen LogP contribution in [-0.2, 0) is 17.8 Å². The fourth-order valence-electron chi connectivity index (χ4n) is 4.97. The highest BCUT2D eigenvalue weighted by Gasteiger charge is 2.42. The Bertz CT molecular complexity index is 1100. The van der Waals surface area contributed by atoms with Crippen molar-refractivity contribution in [3.8, 4) is 16.9 Å². The number of nitrogens with two attached hydrogens (primary N) is 1. The number of ether oxygens (including phenoxy) is 1. The highest BCUT2D eigenvalue weighted by Crippen LogP contribution is 2.38. The number of hydrogen-bond donors (Lipinski definition) is 1. The van der Waals surface area contributed by atoms with Gasteiger partial charge in [-0.3, -0.25) is 9.69 Å². The van der Waals surface area contributed by atoms with Gasteiger partial charge in [0, 0.05) is 19.1 Å². The van der Waals surface area contributed by atoms with Crippen molar-refractivity contribution in [3.63, 3.8) is 0 Å². The maximum Gasteiger partial charge on any atom is 0.491 e. The van der Waals surface area contributed by atoms with Gasteiger partial charge in [0.2, 0.25) is 0 Å². The van der Waals surface area contributed by atoms with E-state index in [1.807, 2.05) is 18.2 Å². The molecular formula is C26H29F3N2O3. The highest BCUT2D eigenvalue weighted by atomic mass is 19.4. The molecule has 4 rings (SSSR count). The fraction of sp³-hybridized carbons (Fsp3) is 0.462. The molecule has 1 amide bonds. The van der Waals surface area contributed by atoms with E-state index < -0.39 is 23.8 Å². The molecule has 1 fully saturated rings. The third-order valence-electron chi connectivity index (χ3n) is 7.09. The second-order valence-corrected chi connectivity index (χ2v) is 10.1. The van der Waals surface area contributed by atoms with Gasteiger partial charge in [0.05, 0.1) is 5.56 Å². The monoisotopic (exact) mass is 474 g/mol. The molecule has 1 aliphatic carbocycles. The van der Waals surface area contributed by atoms with Crippen LogP contribution in [0.15, 0.2) is 36.4 Å². The van der Waals surface area contributed by atoms with Gasteiger partial charge < -0.3 is 10.5 Å². The maximum atomic E-state index is 12.7. The SMILES string of the molecule is CC1(C)CCC(N2CCc3ccc(-c4ccc(C(N)=O)c(OC(=O)C(F)(F)F)c4)cc3C2)CC1. The Balaban J connectivity index is 1.58. The summed E-state index contributed by atoms with van der Waals surface area (Å²) in [6, 6.07) is 10.7. The average Bonchev–Trinajstić information content (AvgIpc) is 2.77. The molecule has 0 radical (unpaired) electrons. The molecule has 34 heavy (non-hydrogen) atoms. The summed E-state index contributed by atoms with van der Waals surface area (Å²) in [5, 5.41) is 0. The van der Waals surface area contributed by atoms with Crippen LogP contribution in [0.1, 0.15) is 61.0 Å². The smallest absolute Gasteiger partial charge is 0.419 e. The second-order valence-electron chi connectivity index (χ2n) is 10.1. The summed E-state index contributed by atoms with van der Waals surface area (Å²) in [5.74, 6) is -3.88. The molecule has 8 heteroatoms. The van der Waals surface area contributed by atoms with Crippen LogP contribution in [0.3, 0.4) is 0 Å². The topological polar surface area (TPSA) is 72.6 Å². The summed E-state index contributed by atoms with van der Waals surface area (Å²) in [5.41, 5.74) is 9.13. The predicted octanol–water partition coefficient (Wildman–Crippen LogP) is 5.25. The number of rotatable bonds is 4. The van der Waals surface area contributed by atoms with Crippen molar-refractivity contribution < 1.29 is 27.5 Å². The maximum absolute atomic E-state index is 12.7. The lowest BCUT2D eigenvalue weighted by molar-refractivity contribution is -0.189. The largest absolute Gasteiger partial charge is 0.491 e. The number of benzene rings is 2. The zero-order chi connectivity index (χ0) is 24.7. The van der Waals surface area contributed by atoms with E-state index in [9.17, 15) is 22.8 Å². The lowest BCUT2D eigenvalue weighted by atomic mass is 9.75. The van der Waals surface area contributed by atoms with E-state index in [0.717, 1.165) is 25.1 Å². The van der Waals surface area contributed by atoms with E-state index in [4.69, 9.17) is 5.73 Å². The number of fused-ring (bicyclic) bond motifs is 1. The lowest BCUT2D eigenvalue weighted by Crippen LogP contribution is -2.42. The number of carbonyl (C=O) groups excluding carboxylic acids is 2. The quantitative estimate of drug-likeness (QED) is 0.486. The second kappa shape index (κ2) is 9.06. The van der Waals surface area contributed by atoms with Crippen molar-refractivity contribution in [3.05, 3.63) is 53.1 Å². The number of esters is 1. The minimum Gasteiger partial charge on any atom is -0.419 e. The van der Waals surface area contributed by atoms with Gasteiger partial charge in [0.1, 0.15) is 5.75 Å². The van der Waals surface area contributed by atoms with Crippen LogP contribution in [0.2, 0.25) is 0 Å². The number of halogens is 3. The van der Waals surface area contributed by atoms with Crippen molar-refractivity contribution in [2.75, 3.05) is 6.54 Å². The third kappa shape index (κ3) is 5.27. The van der Waals surface area contributed by atoms with Crippen LogP contribution in [0, 0.1) is 5.41 Å². The zero-order valence-electron chi connectivity index (χ0n) is 19.4. The van der Waals surface area contributed by atoms with Crippen molar-refractivity contribution in [1.29, 1.82) is 0 Å². The molecule has 0 saturated heterocycles. The summed E-state index contributed by atoms with van der Waals surface area (Å²) >= 11 is 0. The van der Waals surface area contributed by atoms with Gasteiger partial charge in [-0.25, -0.2) is 4.79 Å². The van der Waals surface area contributed by atoms with Crippen molar-refractivity contribution >= 4 is 11.9 Å². The number of hydrogen-bond acceptors (Lipinski definition) is 4. The first-order valence-electron chi connectivity index (χ1n) is 11.5. The molecule has 0 spiro atoms. The molecule has 1 saturated carbocycles. The van der Waals surface area contributed by atoms with Crippen molar-refractivity contribution in [2.45, 2.75) is 64.7 Å². The molecule has 182 valence electrons. The molecule has 2 N–H and O–H groups in total. The molecule has 2 aromatic rings. The molecule has 1 heterocycles. The predicted molar refractivity (Wildman–Crippen MR) is 122 cm³/mol. The van der Waals surface area contributed by atoms with Crippen LogP contribution in [0.4, 0.5) is 13.2 Å². The Kier molecular flexibility index (Phi) is 6.46. The number of amides is 1. The van der Waals surface area contributed by atoms with Crippen LogP contribution in [0.5, 0.6) is 5.75 Å². The molecular weight excluding hydrogens is 445 g/mol. The van der Waals surface area contributed by atoms with E-state index >= 15 is 0 Å². The summed E-state index contributed by atoms with van der Waals surface area (Å²) in [6.07, 6.45) is 0.563. The van der Waals surface area contributed by atoms with E-state index in [1.54, 1.807) is 6.07 Å². The molecule has 2 aromatic carbocycles. The Morgan fingerprint density at radius 3 is 2.32 bits per heavy atom. The fourth-order valence-corrected chi connectivity index (χ4v) is 4.97. The summed E-state index contributed by atoms with van der Waals surface area (Å²) in [7, 11) is 0. The van der Waals surface area contributed by atoms with Crippen LogP contribution in [0.25, 0.3) is 11.1 Å². The van der Waals surface area contributed by atoms with Gasteiger partial charge >= 0.3 is 12.1 Å². The van der Waals surface area contributed by atoms with Crippen LogP contribution < -0.4 is 10.5 Å². The number of nitrogens with zero attached hydrogens (tertiary/aromatic N) is 1. The average molecular weight is 475 g/mol. The highest BCUT2D eigenvalue weighted by molar-refractivity contribution is 5.97. The minimum absolute atomic E-state index is 0.286. The molecule has 0 atom stereocenters. The molecule has 1 aliphatic heterocycles. The molecule has 0 bridgehead atoms. The summed E-state index contributed by atoms with van der Waals surface area (Å²) in [6.45, 7) is 6.49. The first-order chi connectivity index (χ1) is 15.9. The molecule has 0 aromatic heterocycles. The zero-order valence-corrected chi connectivity index (χ0v) is 19.4. The standard InChI is InChI=1S/C26H29F3N2O3/c1-25(2)10-7-20(8-11-25)31-12-9-16-3-4-17(13-19(16)15-31)18-5-6-21(23(30)32)22(14-18)34-24(33)26(27,28)29/h3-6,13-14,20H,7-12,15H2,1-2H3,(H2,30,32). The molecule has 0 unspecified atom stereocenters. The van der Waals surface area contributed by atoms with Gasteiger partial charge in [-0.15, -0.1) is 0 Å². The Morgan fingerprint density at radius 1 is 1.03 bits per heavy atom. The first-order valence-corrected chi connectivity index (χ1v) is 11.5. The van der Waals surface area contributed by atoms with Gasteiger partial charge in [0.25, 0.3) is 5.91 Å². The van der Waals surface area contributed by atoms with Gasteiger partial charge in [-0.2, -0.15) is 13.2 Å². The minimum atomic E-state index is -5.19. The summed E-state index contributed by atoms with van der Waals surface area (Å²) in [4.78, 5) is 25.6. The Labute approximate surface area is 197 Å². The third-order valence-corrected chi connectivity index (χ3v) is 7.09. The Morgan fingerprint density at radius 2 is 1.68 bits per heavy atom. The normalized spacial score (nSPS) is 18.9. The number of carbonyl (C=O) groups is 2. The summed E-state index contributed by atoms with van der Waals surface area (Å²) < 4.78 is 42.6. The number of primary amides is 1. The van der Waals surface area contributed by atoms with Crippen LogP contribution >= 0.6 is 0 Å². The van der Waals surface area contributed by atoms with Gasteiger partial charge in [-0.1, -0.05) is 32.0 Å². The number of alkyl halides is 3. The Hall–Kier alpha value is -2.87. The van der Waals surface area contributed by atoms with E-state index in [2.05, 4.69) is 23.5 Å². The van der Waals surface area contributed by atoms with Crippen molar-refractivity contribution in [1.82, 2.24) is 4.90 Å². The van der Waals surface area contributed by atoms with Gasteiger partial charge in [0.15, 0.2) is 0 Å². The lowest BCUT2D eigenvalue weighted by Gasteiger charge is -2.42. The molecule has 2 aliphatic rings. The van der Waals surface area contributed by atoms with E-state index in [1.165, 1.54) is 48.9 Å². The van der Waals surface area contributed by atoms with Gasteiger partial charge in [-0.05, 0) is 78.0 Å². The van der Waals surface area contributed by atoms with E-state index in [-0.39, 0.29) is 5.56 Å². The van der Waals surface area contributed by atoms with E-state index in [0.29, 0.717) is 17.0 Å².